The Morgan fingerprint density at radius 3 is 2.52 bits per heavy atom. The summed E-state index contributed by atoms with van der Waals surface area (Å²) in [5.41, 5.74) is 2.37. The van der Waals surface area contributed by atoms with Gasteiger partial charge in [0.25, 0.3) is 5.91 Å². The molecule has 0 aliphatic heterocycles. The van der Waals surface area contributed by atoms with Crippen molar-refractivity contribution in [3.05, 3.63) is 54.2 Å². The normalized spacial score (nSPS) is 10.7. The summed E-state index contributed by atoms with van der Waals surface area (Å²) in [5.74, 6) is -0.251. The molecule has 2 aromatic carbocycles. The van der Waals surface area contributed by atoms with Gasteiger partial charge in [-0.25, -0.2) is 4.79 Å². The molecule has 0 spiro atoms. The number of nitrogens with one attached hydrogen (secondary N) is 4. The largest absolute Gasteiger partial charge is 0.336 e. The Kier molecular flexibility index (Phi) is 4.65. The fourth-order valence-electron chi connectivity index (χ4n) is 2.46. The summed E-state index contributed by atoms with van der Waals surface area (Å²) in [6.45, 7) is 3.76. The first-order chi connectivity index (χ1) is 12.0. The molecule has 0 saturated carbocycles. The van der Waals surface area contributed by atoms with Crippen LogP contribution < -0.4 is 16.0 Å². The zero-order valence-corrected chi connectivity index (χ0v) is 14.0. The number of carbonyl (C=O) groups excluding carboxylic acids is 2. The molecular weight excluding hydrogens is 318 g/mol. The molecule has 3 rings (SSSR count). The fourth-order valence-corrected chi connectivity index (χ4v) is 2.46. The van der Waals surface area contributed by atoms with Crippen LogP contribution in [0.5, 0.6) is 0 Å². The molecule has 0 aliphatic carbocycles. The summed E-state index contributed by atoms with van der Waals surface area (Å²) >= 11 is 0. The SMILES string of the molecule is CC(C)NC(=O)Nc1cccc(NC(=O)c2cccc3cn[nH]c23)c1. The van der Waals surface area contributed by atoms with Crippen molar-refractivity contribution < 1.29 is 9.59 Å². The number of hydrogen-bond acceptors (Lipinski definition) is 3. The number of fused-ring (bicyclic) bond motifs is 1. The molecule has 0 fully saturated rings. The van der Waals surface area contributed by atoms with E-state index in [0.29, 0.717) is 22.5 Å². The zero-order valence-electron chi connectivity index (χ0n) is 14.0. The van der Waals surface area contributed by atoms with Crippen molar-refractivity contribution >= 4 is 34.2 Å². The van der Waals surface area contributed by atoms with Crippen LogP contribution in [0.25, 0.3) is 10.9 Å². The summed E-state index contributed by atoms with van der Waals surface area (Å²) in [6, 6.07) is 12.1. The first-order valence-electron chi connectivity index (χ1n) is 7.94. The summed E-state index contributed by atoms with van der Waals surface area (Å²) < 4.78 is 0. The summed E-state index contributed by atoms with van der Waals surface area (Å²) in [7, 11) is 0. The fraction of sp³-hybridized carbons (Fsp3) is 0.167. The number of amides is 3. The van der Waals surface area contributed by atoms with Crippen molar-refractivity contribution in [2.24, 2.45) is 0 Å². The molecule has 1 heterocycles. The van der Waals surface area contributed by atoms with Crippen LogP contribution in [0, 0.1) is 0 Å². The molecule has 1 aromatic heterocycles. The lowest BCUT2D eigenvalue weighted by Crippen LogP contribution is -2.34. The van der Waals surface area contributed by atoms with Crippen molar-refractivity contribution in [2.45, 2.75) is 19.9 Å². The van der Waals surface area contributed by atoms with Gasteiger partial charge < -0.3 is 16.0 Å². The van der Waals surface area contributed by atoms with Gasteiger partial charge in [0.15, 0.2) is 0 Å². The van der Waals surface area contributed by atoms with Gasteiger partial charge in [-0.1, -0.05) is 18.2 Å². The maximum absolute atomic E-state index is 12.5. The molecule has 0 aliphatic rings. The lowest BCUT2D eigenvalue weighted by atomic mass is 10.1. The number of aromatic nitrogens is 2. The van der Waals surface area contributed by atoms with Crippen LogP contribution in [0.1, 0.15) is 24.2 Å². The Morgan fingerprint density at radius 2 is 1.76 bits per heavy atom. The van der Waals surface area contributed by atoms with E-state index in [2.05, 4.69) is 26.1 Å². The number of urea groups is 1. The van der Waals surface area contributed by atoms with Gasteiger partial charge in [-0.2, -0.15) is 5.10 Å². The molecule has 3 aromatic rings. The molecule has 3 amide bonds. The van der Waals surface area contributed by atoms with E-state index >= 15 is 0 Å². The van der Waals surface area contributed by atoms with Gasteiger partial charge in [-0.3, -0.25) is 9.89 Å². The topological polar surface area (TPSA) is 98.9 Å². The van der Waals surface area contributed by atoms with Crippen molar-refractivity contribution in [2.75, 3.05) is 10.6 Å². The summed E-state index contributed by atoms with van der Waals surface area (Å²) in [6.07, 6.45) is 1.67. The van der Waals surface area contributed by atoms with Crippen LogP contribution >= 0.6 is 0 Å². The van der Waals surface area contributed by atoms with Crippen molar-refractivity contribution in [1.29, 1.82) is 0 Å². The van der Waals surface area contributed by atoms with Crippen LogP contribution in [0.15, 0.2) is 48.7 Å². The van der Waals surface area contributed by atoms with E-state index in [1.165, 1.54) is 0 Å². The average molecular weight is 337 g/mol. The molecular formula is C18H19N5O2. The Labute approximate surface area is 144 Å². The number of carbonyl (C=O) groups is 2. The molecule has 0 radical (unpaired) electrons. The number of aromatic amines is 1. The van der Waals surface area contributed by atoms with Crippen LogP contribution in [-0.2, 0) is 0 Å². The van der Waals surface area contributed by atoms with E-state index in [0.717, 1.165) is 5.39 Å². The predicted molar refractivity (Wildman–Crippen MR) is 97.8 cm³/mol. The van der Waals surface area contributed by atoms with Crippen LogP contribution in [0.4, 0.5) is 16.2 Å². The number of H-pyrrole nitrogens is 1. The maximum Gasteiger partial charge on any atom is 0.319 e. The van der Waals surface area contributed by atoms with Gasteiger partial charge in [0.2, 0.25) is 0 Å². The van der Waals surface area contributed by atoms with E-state index in [9.17, 15) is 9.59 Å². The number of benzene rings is 2. The second-order valence-corrected chi connectivity index (χ2v) is 5.93. The van der Waals surface area contributed by atoms with E-state index in [1.54, 1.807) is 42.6 Å². The third-order valence-electron chi connectivity index (χ3n) is 3.52. The lowest BCUT2D eigenvalue weighted by Gasteiger charge is -2.11. The van der Waals surface area contributed by atoms with Gasteiger partial charge in [-0.15, -0.1) is 0 Å². The van der Waals surface area contributed by atoms with Gasteiger partial charge in [0.1, 0.15) is 0 Å². The minimum absolute atomic E-state index is 0.0396. The molecule has 25 heavy (non-hydrogen) atoms. The third kappa shape index (κ3) is 3.95. The molecule has 128 valence electrons. The molecule has 4 N–H and O–H groups in total. The standard InChI is InChI=1S/C18H19N5O2/c1-11(2)20-18(25)22-14-7-4-6-13(9-14)21-17(24)15-8-3-5-12-10-19-23-16(12)15/h3-11H,1-2H3,(H,19,23)(H,21,24)(H2,20,22,25). The number of rotatable bonds is 4. The average Bonchev–Trinajstić information content (AvgIpc) is 3.02. The number of para-hydroxylation sites is 1. The predicted octanol–water partition coefficient (Wildman–Crippen LogP) is 3.35. The van der Waals surface area contributed by atoms with Gasteiger partial charge >= 0.3 is 6.03 Å². The third-order valence-corrected chi connectivity index (χ3v) is 3.52. The quantitative estimate of drug-likeness (QED) is 0.587. The monoisotopic (exact) mass is 337 g/mol. The highest BCUT2D eigenvalue weighted by atomic mass is 16.2. The van der Waals surface area contributed by atoms with Crippen molar-refractivity contribution in [3.8, 4) is 0 Å². The second kappa shape index (κ2) is 7.04. The lowest BCUT2D eigenvalue weighted by molar-refractivity contribution is 0.102. The minimum atomic E-state index is -0.291. The van der Waals surface area contributed by atoms with Crippen LogP contribution in [0.3, 0.4) is 0 Å². The molecule has 0 bridgehead atoms. The Morgan fingerprint density at radius 1 is 1.04 bits per heavy atom. The number of nitrogens with zero attached hydrogens (tertiary/aromatic N) is 1. The highest BCUT2D eigenvalue weighted by Crippen LogP contribution is 2.19. The Balaban J connectivity index is 1.75. The first-order valence-corrected chi connectivity index (χ1v) is 7.94. The summed E-state index contributed by atoms with van der Waals surface area (Å²) in [5, 5.41) is 16.0. The molecule has 0 unspecified atom stereocenters. The smallest absolute Gasteiger partial charge is 0.319 e. The van der Waals surface area contributed by atoms with Crippen molar-refractivity contribution in [1.82, 2.24) is 15.5 Å². The maximum atomic E-state index is 12.5. The molecule has 7 heteroatoms. The van der Waals surface area contributed by atoms with E-state index < -0.39 is 0 Å². The van der Waals surface area contributed by atoms with Gasteiger partial charge in [0, 0.05) is 22.8 Å². The molecule has 0 saturated heterocycles. The molecule has 7 nitrogen and oxygen atoms in total. The van der Waals surface area contributed by atoms with E-state index in [1.807, 2.05) is 19.9 Å². The number of anilines is 2. The highest BCUT2D eigenvalue weighted by molar-refractivity contribution is 6.12. The summed E-state index contributed by atoms with van der Waals surface area (Å²) in [4.78, 5) is 24.3. The first kappa shape index (κ1) is 16.5. The van der Waals surface area contributed by atoms with E-state index in [-0.39, 0.29) is 18.0 Å². The highest BCUT2D eigenvalue weighted by Gasteiger charge is 2.12. The minimum Gasteiger partial charge on any atom is -0.336 e. The Hall–Kier alpha value is -3.35. The number of hydrogen-bond donors (Lipinski definition) is 4. The zero-order chi connectivity index (χ0) is 17.8. The van der Waals surface area contributed by atoms with E-state index in [4.69, 9.17) is 0 Å². The van der Waals surface area contributed by atoms with Gasteiger partial charge in [-0.05, 0) is 38.1 Å². The molecule has 0 atom stereocenters. The second-order valence-electron chi connectivity index (χ2n) is 5.93. The van der Waals surface area contributed by atoms with Crippen molar-refractivity contribution in [3.63, 3.8) is 0 Å². The van der Waals surface area contributed by atoms with Crippen LogP contribution in [-0.4, -0.2) is 28.2 Å². The Bertz CT molecular complexity index is 916. The van der Waals surface area contributed by atoms with Gasteiger partial charge in [0.05, 0.1) is 17.3 Å². The van der Waals surface area contributed by atoms with Crippen LogP contribution in [0.2, 0.25) is 0 Å².